The van der Waals surface area contributed by atoms with Crippen LogP contribution in [0.3, 0.4) is 0 Å². The van der Waals surface area contributed by atoms with Crippen molar-refractivity contribution in [1.82, 2.24) is 10.2 Å². The highest BCUT2D eigenvalue weighted by molar-refractivity contribution is 5.86. The minimum absolute atomic E-state index is 0.0429. The van der Waals surface area contributed by atoms with Crippen molar-refractivity contribution in [3.8, 4) is 0 Å². The lowest BCUT2D eigenvalue weighted by atomic mass is 10.0. The Balaban J connectivity index is 2.11. The molecule has 25 heavy (non-hydrogen) atoms. The molecule has 1 fully saturated rings. The first-order valence-electron chi connectivity index (χ1n) is 8.34. The molecule has 0 spiro atoms. The van der Waals surface area contributed by atoms with Gasteiger partial charge in [0.15, 0.2) is 0 Å². The first kappa shape index (κ1) is 19.2. The Labute approximate surface area is 147 Å². The average Bonchev–Trinajstić information content (AvgIpc) is 2.84. The summed E-state index contributed by atoms with van der Waals surface area (Å²) in [4.78, 5) is 26.2. The fourth-order valence-electron chi connectivity index (χ4n) is 2.67. The van der Waals surface area contributed by atoms with Crippen molar-refractivity contribution in [2.75, 3.05) is 13.1 Å². The third kappa shape index (κ3) is 5.72. The molecule has 1 aromatic rings. The van der Waals surface area contributed by atoms with Gasteiger partial charge >= 0.3 is 6.09 Å². The van der Waals surface area contributed by atoms with Gasteiger partial charge < -0.3 is 25.2 Å². The number of alkyl carbamates (subject to hydrolysis) is 1. The first-order valence-corrected chi connectivity index (χ1v) is 8.34. The summed E-state index contributed by atoms with van der Waals surface area (Å²) in [7, 11) is 0. The number of hydrogen-bond donors (Lipinski definition) is 3. The van der Waals surface area contributed by atoms with Crippen LogP contribution in [0.2, 0.25) is 0 Å². The minimum atomic E-state index is -0.970. The molecule has 7 heteroatoms. The number of rotatable bonds is 4. The molecule has 0 aliphatic carbocycles. The van der Waals surface area contributed by atoms with E-state index in [0.29, 0.717) is 6.42 Å². The van der Waals surface area contributed by atoms with Crippen LogP contribution in [-0.2, 0) is 16.0 Å². The van der Waals surface area contributed by atoms with Crippen LogP contribution in [0.25, 0.3) is 0 Å². The molecule has 1 saturated heterocycles. The van der Waals surface area contributed by atoms with Gasteiger partial charge in [0.1, 0.15) is 11.6 Å². The van der Waals surface area contributed by atoms with E-state index < -0.39 is 29.9 Å². The smallest absolute Gasteiger partial charge is 0.408 e. The monoisotopic (exact) mass is 350 g/mol. The van der Waals surface area contributed by atoms with E-state index in [1.807, 2.05) is 30.3 Å². The number of nitrogens with zero attached hydrogens (tertiary/aromatic N) is 1. The molecule has 3 N–H and O–H groups in total. The van der Waals surface area contributed by atoms with Gasteiger partial charge in [-0.3, -0.25) is 4.79 Å². The number of hydrogen-bond acceptors (Lipinski definition) is 5. The minimum Gasteiger partial charge on any atom is -0.444 e. The number of carbonyl (C=O) groups excluding carboxylic acids is 2. The summed E-state index contributed by atoms with van der Waals surface area (Å²) in [6.45, 7) is 5.32. The summed E-state index contributed by atoms with van der Waals surface area (Å²) in [5, 5.41) is 21.9. The van der Waals surface area contributed by atoms with E-state index >= 15 is 0 Å². The molecule has 1 aliphatic rings. The molecule has 3 atom stereocenters. The second kappa shape index (κ2) is 7.84. The molecule has 0 saturated carbocycles. The van der Waals surface area contributed by atoms with E-state index in [-0.39, 0.29) is 19.0 Å². The van der Waals surface area contributed by atoms with E-state index in [9.17, 15) is 19.8 Å². The molecule has 138 valence electrons. The van der Waals surface area contributed by atoms with Crippen molar-refractivity contribution in [3.05, 3.63) is 35.9 Å². The Hall–Kier alpha value is -2.12. The molecule has 7 nitrogen and oxygen atoms in total. The summed E-state index contributed by atoms with van der Waals surface area (Å²) in [6, 6.07) is 8.47. The Kier molecular flexibility index (Phi) is 6.02. The van der Waals surface area contributed by atoms with E-state index in [4.69, 9.17) is 4.74 Å². The van der Waals surface area contributed by atoms with Gasteiger partial charge in [0.25, 0.3) is 0 Å². The number of amides is 2. The lowest BCUT2D eigenvalue weighted by molar-refractivity contribution is -0.133. The zero-order valence-corrected chi connectivity index (χ0v) is 14.8. The van der Waals surface area contributed by atoms with Crippen LogP contribution >= 0.6 is 0 Å². The molecule has 1 aliphatic heterocycles. The van der Waals surface area contributed by atoms with Gasteiger partial charge in [0, 0.05) is 19.5 Å². The van der Waals surface area contributed by atoms with Crippen LogP contribution in [0.15, 0.2) is 30.3 Å². The molecule has 0 unspecified atom stereocenters. The lowest BCUT2D eigenvalue weighted by Gasteiger charge is -2.26. The van der Waals surface area contributed by atoms with Crippen LogP contribution in [0, 0.1) is 0 Å². The summed E-state index contributed by atoms with van der Waals surface area (Å²) >= 11 is 0. The highest BCUT2D eigenvalue weighted by Crippen LogP contribution is 2.14. The third-order valence-electron chi connectivity index (χ3n) is 3.84. The van der Waals surface area contributed by atoms with Crippen molar-refractivity contribution < 1.29 is 24.5 Å². The molecule has 2 amide bonds. The molecule has 1 heterocycles. The van der Waals surface area contributed by atoms with Crippen molar-refractivity contribution in [3.63, 3.8) is 0 Å². The Morgan fingerprint density at radius 1 is 1.20 bits per heavy atom. The quantitative estimate of drug-likeness (QED) is 0.742. The first-order chi connectivity index (χ1) is 11.7. The maximum absolute atomic E-state index is 12.8. The SMILES string of the molecule is CC(C)(C)OC(=O)N[C@@H](Cc1ccccc1)C(=O)N1C[C@@H](O)[C@@H](O)C1. The van der Waals surface area contributed by atoms with E-state index in [1.165, 1.54) is 4.90 Å². The number of aliphatic hydroxyl groups excluding tert-OH is 2. The normalized spacial score (nSPS) is 21.7. The fraction of sp³-hybridized carbons (Fsp3) is 0.556. The predicted molar refractivity (Wildman–Crippen MR) is 91.9 cm³/mol. The Bertz CT molecular complexity index is 589. The fourth-order valence-corrected chi connectivity index (χ4v) is 2.67. The summed E-state index contributed by atoms with van der Waals surface area (Å²) in [6.07, 6.45) is -2.32. The van der Waals surface area contributed by atoms with Gasteiger partial charge in [-0.25, -0.2) is 4.79 Å². The summed E-state index contributed by atoms with van der Waals surface area (Å²) in [5.41, 5.74) is 0.210. The number of ether oxygens (including phenoxy) is 1. The average molecular weight is 350 g/mol. The van der Waals surface area contributed by atoms with Crippen molar-refractivity contribution in [1.29, 1.82) is 0 Å². The van der Waals surface area contributed by atoms with Crippen LogP contribution in [0.1, 0.15) is 26.3 Å². The van der Waals surface area contributed by atoms with Crippen molar-refractivity contribution in [2.24, 2.45) is 0 Å². The number of nitrogens with one attached hydrogen (secondary N) is 1. The van der Waals surface area contributed by atoms with E-state index in [1.54, 1.807) is 20.8 Å². The maximum Gasteiger partial charge on any atom is 0.408 e. The van der Waals surface area contributed by atoms with Crippen LogP contribution < -0.4 is 5.32 Å². The van der Waals surface area contributed by atoms with Gasteiger partial charge in [-0.2, -0.15) is 0 Å². The van der Waals surface area contributed by atoms with Gasteiger partial charge in [0.05, 0.1) is 12.2 Å². The van der Waals surface area contributed by atoms with Crippen molar-refractivity contribution in [2.45, 2.75) is 51.0 Å². The van der Waals surface area contributed by atoms with Crippen LogP contribution in [0.5, 0.6) is 0 Å². The van der Waals surface area contributed by atoms with E-state index in [2.05, 4.69) is 5.32 Å². The molecule has 0 bridgehead atoms. The third-order valence-corrected chi connectivity index (χ3v) is 3.84. The number of benzene rings is 1. The zero-order valence-electron chi connectivity index (χ0n) is 14.8. The number of aliphatic hydroxyl groups is 2. The molecule has 2 rings (SSSR count). The topological polar surface area (TPSA) is 99.1 Å². The second-order valence-electron chi connectivity index (χ2n) is 7.27. The van der Waals surface area contributed by atoms with Crippen LogP contribution in [-0.4, -0.2) is 64.1 Å². The molecular weight excluding hydrogens is 324 g/mol. The highest BCUT2D eigenvalue weighted by Gasteiger charge is 2.36. The lowest BCUT2D eigenvalue weighted by Crippen LogP contribution is -2.50. The zero-order chi connectivity index (χ0) is 18.6. The number of carbonyl (C=O) groups is 2. The standard InChI is InChI=1S/C18H26N2O5/c1-18(2,3)25-17(24)19-13(9-12-7-5-4-6-8-12)16(23)20-10-14(21)15(22)11-20/h4-8,13-15,21-22H,9-11H2,1-3H3,(H,19,24)/t13-,14-,15+/m0/s1. The van der Waals surface area contributed by atoms with Gasteiger partial charge in [-0.1, -0.05) is 30.3 Å². The van der Waals surface area contributed by atoms with Gasteiger partial charge in [-0.15, -0.1) is 0 Å². The number of likely N-dealkylation sites (tertiary alicyclic amines) is 1. The molecule has 0 aromatic heterocycles. The molecule has 0 radical (unpaired) electrons. The van der Waals surface area contributed by atoms with Gasteiger partial charge in [-0.05, 0) is 26.3 Å². The van der Waals surface area contributed by atoms with Crippen molar-refractivity contribution >= 4 is 12.0 Å². The molecule has 1 aromatic carbocycles. The summed E-state index contributed by atoms with van der Waals surface area (Å²) in [5.74, 6) is -0.356. The maximum atomic E-state index is 12.8. The Morgan fingerprint density at radius 3 is 2.28 bits per heavy atom. The number of β-amino-alcohol motifs (C(OH)–C–C–N with tert-alkyl or cyclic N) is 2. The van der Waals surface area contributed by atoms with E-state index in [0.717, 1.165) is 5.56 Å². The molecular formula is C18H26N2O5. The van der Waals surface area contributed by atoms with Gasteiger partial charge in [0.2, 0.25) is 5.91 Å². The largest absolute Gasteiger partial charge is 0.444 e. The predicted octanol–water partition coefficient (Wildman–Crippen LogP) is 0.686. The Morgan fingerprint density at radius 2 is 1.76 bits per heavy atom. The van der Waals surface area contributed by atoms with Crippen LogP contribution in [0.4, 0.5) is 4.79 Å². The summed E-state index contributed by atoms with van der Waals surface area (Å²) < 4.78 is 5.24. The highest BCUT2D eigenvalue weighted by atomic mass is 16.6. The second-order valence-corrected chi connectivity index (χ2v) is 7.27.